The van der Waals surface area contributed by atoms with Crippen molar-refractivity contribution in [2.75, 3.05) is 19.6 Å². The average Bonchev–Trinajstić information content (AvgIpc) is 3.42. The topological polar surface area (TPSA) is 104 Å². The average molecular weight is 403 g/mol. The van der Waals surface area contributed by atoms with Crippen LogP contribution in [0.2, 0.25) is 0 Å². The van der Waals surface area contributed by atoms with Gasteiger partial charge in [0.15, 0.2) is 11.8 Å². The normalized spacial score (nSPS) is 11.7. The number of aromatic amines is 1. The summed E-state index contributed by atoms with van der Waals surface area (Å²) in [5, 5.41) is 12.0. The molecule has 0 aliphatic rings. The zero-order valence-electron chi connectivity index (χ0n) is 16.9. The van der Waals surface area contributed by atoms with Crippen molar-refractivity contribution in [1.29, 1.82) is 0 Å². The molecule has 0 aliphatic heterocycles. The minimum atomic E-state index is 0.429. The summed E-state index contributed by atoms with van der Waals surface area (Å²) in [6, 6.07) is 13.9. The molecule has 4 rings (SSSR count). The van der Waals surface area contributed by atoms with Crippen molar-refractivity contribution < 1.29 is 4.52 Å². The Morgan fingerprint density at radius 3 is 2.87 bits per heavy atom. The molecule has 1 aromatic carbocycles. The number of nitrogens with one attached hydrogen (secondary N) is 3. The van der Waals surface area contributed by atoms with Gasteiger partial charge in [-0.3, -0.25) is 9.98 Å². The van der Waals surface area contributed by atoms with Gasteiger partial charge in [-0.25, -0.2) is 0 Å². The molecule has 0 radical (unpaired) electrons. The van der Waals surface area contributed by atoms with E-state index in [1.165, 1.54) is 16.5 Å². The Morgan fingerprint density at radius 1 is 1.10 bits per heavy atom. The number of pyridine rings is 1. The van der Waals surface area contributed by atoms with E-state index in [0.29, 0.717) is 30.4 Å². The maximum absolute atomic E-state index is 5.29. The van der Waals surface area contributed by atoms with E-state index in [4.69, 9.17) is 4.52 Å². The summed E-state index contributed by atoms with van der Waals surface area (Å²) >= 11 is 0. The molecule has 0 saturated carbocycles. The molecule has 3 N–H and O–H groups in total. The number of para-hydroxylation sites is 1. The first kappa shape index (κ1) is 19.6. The van der Waals surface area contributed by atoms with E-state index in [2.05, 4.69) is 67.1 Å². The van der Waals surface area contributed by atoms with Crippen molar-refractivity contribution in [2.24, 2.45) is 4.99 Å². The first-order valence-corrected chi connectivity index (χ1v) is 10.1. The van der Waals surface area contributed by atoms with E-state index in [1.807, 2.05) is 24.3 Å². The van der Waals surface area contributed by atoms with Crippen molar-refractivity contribution >= 4 is 16.9 Å². The summed E-state index contributed by atoms with van der Waals surface area (Å²) in [7, 11) is 0. The second-order valence-electron chi connectivity index (χ2n) is 6.78. The number of H-pyrrole nitrogens is 1. The van der Waals surface area contributed by atoms with E-state index >= 15 is 0 Å². The van der Waals surface area contributed by atoms with E-state index in [1.54, 1.807) is 6.20 Å². The van der Waals surface area contributed by atoms with Crippen LogP contribution in [0.3, 0.4) is 0 Å². The summed E-state index contributed by atoms with van der Waals surface area (Å²) in [6.45, 7) is 4.20. The highest BCUT2D eigenvalue weighted by molar-refractivity contribution is 5.83. The smallest absolute Gasteiger partial charge is 0.276 e. The molecule has 30 heavy (non-hydrogen) atoms. The van der Waals surface area contributed by atoms with Gasteiger partial charge in [-0.1, -0.05) is 29.4 Å². The third-order valence-electron chi connectivity index (χ3n) is 4.66. The predicted octanol–water partition coefficient (Wildman–Crippen LogP) is 2.95. The first-order valence-electron chi connectivity index (χ1n) is 10.1. The molecule has 3 heterocycles. The van der Waals surface area contributed by atoms with Crippen LogP contribution in [0.4, 0.5) is 0 Å². The number of nitrogens with zero attached hydrogens (tertiary/aromatic N) is 4. The highest BCUT2D eigenvalue weighted by Gasteiger charge is 2.09. The number of guanidine groups is 1. The third kappa shape index (κ3) is 4.83. The molecule has 3 aromatic heterocycles. The highest BCUT2D eigenvalue weighted by atomic mass is 16.5. The second-order valence-corrected chi connectivity index (χ2v) is 6.78. The molecule has 0 amide bonds. The maximum atomic E-state index is 5.29. The van der Waals surface area contributed by atoms with Gasteiger partial charge in [0.05, 0.1) is 0 Å². The van der Waals surface area contributed by atoms with Crippen LogP contribution >= 0.6 is 0 Å². The fourth-order valence-corrected chi connectivity index (χ4v) is 3.21. The summed E-state index contributed by atoms with van der Waals surface area (Å²) in [5.74, 6) is 1.83. The van der Waals surface area contributed by atoms with Crippen LogP contribution in [0.15, 0.2) is 64.4 Å². The highest BCUT2D eigenvalue weighted by Crippen LogP contribution is 2.17. The number of hydrogen-bond donors (Lipinski definition) is 3. The van der Waals surface area contributed by atoms with Crippen LogP contribution in [-0.4, -0.2) is 45.7 Å². The number of aromatic nitrogens is 4. The predicted molar refractivity (Wildman–Crippen MR) is 117 cm³/mol. The number of rotatable bonds is 8. The zero-order chi connectivity index (χ0) is 20.6. The fraction of sp³-hybridized carbons (Fsp3) is 0.273. The fourth-order valence-electron chi connectivity index (χ4n) is 3.21. The van der Waals surface area contributed by atoms with Gasteiger partial charge in [0.2, 0.25) is 0 Å². The molecule has 4 aromatic rings. The van der Waals surface area contributed by atoms with Gasteiger partial charge in [-0.15, -0.1) is 0 Å². The molecule has 0 aliphatic carbocycles. The van der Waals surface area contributed by atoms with Crippen LogP contribution < -0.4 is 10.6 Å². The first-order chi connectivity index (χ1) is 14.8. The van der Waals surface area contributed by atoms with Crippen molar-refractivity contribution in [3.05, 3.63) is 66.2 Å². The lowest BCUT2D eigenvalue weighted by Crippen LogP contribution is -2.38. The Hall–Kier alpha value is -3.68. The lowest BCUT2D eigenvalue weighted by atomic mass is 10.1. The Bertz CT molecular complexity index is 1100. The van der Waals surface area contributed by atoms with Gasteiger partial charge >= 0.3 is 0 Å². The number of benzene rings is 1. The molecule has 0 fully saturated rings. The van der Waals surface area contributed by atoms with Crippen molar-refractivity contribution in [1.82, 2.24) is 30.7 Å². The van der Waals surface area contributed by atoms with Gasteiger partial charge in [0.25, 0.3) is 5.89 Å². The molecule has 8 nitrogen and oxygen atoms in total. The van der Waals surface area contributed by atoms with Crippen LogP contribution in [0.1, 0.15) is 18.3 Å². The minimum Gasteiger partial charge on any atom is -0.361 e. The minimum absolute atomic E-state index is 0.429. The largest absolute Gasteiger partial charge is 0.361 e. The third-order valence-corrected chi connectivity index (χ3v) is 4.66. The number of fused-ring (bicyclic) bond motifs is 1. The van der Waals surface area contributed by atoms with Gasteiger partial charge in [0.1, 0.15) is 5.69 Å². The van der Waals surface area contributed by atoms with Crippen molar-refractivity contribution in [3.63, 3.8) is 0 Å². The van der Waals surface area contributed by atoms with Gasteiger partial charge in [0, 0.05) is 49.4 Å². The Balaban J connectivity index is 1.30. The Kier molecular flexibility index (Phi) is 6.34. The van der Waals surface area contributed by atoms with Crippen LogP contribution in [0, 0.1) is 0 Å². The summed E-state index contributed by atoms with van der Waals surface area (Å²) in [4.78, 5) is 16.6. The molecule has 0 atom stereocenters. The van der Waals surface area contributed by atoms with Gasteiger partial charge in [-0.2, -0.15) is 4.98 Å². The molecular formula is C22H25N7O. The molecule has 0 saturated heterocycles. The summed E-state index contributed by atoms with van der Waals surface area (Å²) in [5.41, 5.74) is 3.13. The number of aliphatic imine (C=N–C) groups is 1. The van der Waals surface area contributed by atoms with E-state index in [9.17, 15) is 0 Å². The van der Waals surface area contributed by atoms with Crippen LogP contribution in [0.25, 0.3) is 22.5 Å². The molecular weight excluding hydrogens is 378 g/mol. The molecule has 0 unspecified atom stereocenters. The van der Waals surface area contributed by atoms with Crippen molar-refractivity contribution in [2.45, 2.75) is 19.8 Å². The quantitative estimate of drug-likeness (QED) is 0.309. The van der Waals surface area contributed by atoms with Gasteiger partial charge in [-0.05, 0) is 37.1 Å². The maximum Gasteiger partial charge on any atom is 0.276 e. The van der Waals surface area contributed by atoms with E-state index in [-0.39, 0.29) is 0 Å². The zero-order valence-corrected chi connectivity index (χ0v) is 16.9. The SMILES string of the molecule is CCNC(=NCCc1noc(-c2ccccn2)n1)NCCc1c[nH]c2ccccc12. The van der Waals surface area contributed by atoms with Crippen LogP contribution in [0.5, 0.6) is 0 Å². The summed E-state index contributed by atoms with van der Waals surface area (Å²) < 4.78 is 5.29. The lowest BCUT2D eigenvalue weighted by Gasteiger charge is -2.10. The number of hydrogen-bond acceptors (Lipinski definition) is 5. The molecule has 0 spiro atoms. The molecule has 8 heteroatoms. The monoisotopic (exact) mass is 403 g/mol. The van der Waals surface area contributed by atoms with Gasteiger partial charge < -0.3 is 20.1 Å². The lowest BCUT2D eigenvalue weighted by molar-refractivity contribution is 0.421. The molecule has 0 bridgehead atoms. The van der Waals surface area contributed by atoms with Crippen molar-refractivity contribution in [3.8, 4) is 11.6 Å². The van der Waals surface area contributed by atoms with E-state index < -0.39 is 0 Å². The molecule has 154 valence electrons. The van der Waals surface area contributed by atoms with E-state index in [0.717, 1.165) is 25.5 Å². The second kappa shape index (κ2) is 9.69. The Labute approximate surface area is 174 Å². The summed E-state index contributed by atoms with van der Waals surface area (Å²) in [6.07, 6.45) is 5.28. The Morgan fingerprint density at radius 2 is 2.00 bits per heavy atom. The van der Waals surface area contributed by atoms with Crippen LogP contribution in [-0.2, 0) is 12.8 Å². The standard InChI is InChI=1S/C22H25N7O/c1-2-23-22(25-13-10-16-15-27-18-8-4-3-7-17(16)18)26-14-11-20-28-21(30-29-20)19-9-5-6-12-24-19/h3-9,12,15,27H,2,10-11,13-14H2,1H3,(H2,23,25,26).